The molecule has 0 saturated heterocycles. The minimum Gasteiger partial charge on any atom is -0.356 e. The molecule has 0 fully saturated rings. The highest BCUT2D eigenvalue weighted by atomic mass is 127. The van der Waals surface area contributed by atoms with E-state index in [9.17, 15) is 0 Å². The molecule has 1 aliphatic heterocycles. The molecule has 7 heteroatoms. The van der Waals surface area contributed by atoms with E-state index in [-0.39, 0.29) is 24.0 Å². The molecule has 0 radical (unpaired) electrons. The van der Waals surface area contributed by atoms with E-state index in [0.29, 0.717) is 0 Å². The van der Waals surface area contributed by atoms with Gasteiger partial charge in [0.05, 0.1) is 21.8 Å². The van der Waals surface area contributed by atoms with E-state index in [2.05, 4.69) is 27.2 Å². The molecule has 1 aromatic heterocycles. The molecule has 0 atom stereocenters. The number of nitrogens with zero attached hydrogens (tertiary/aromatic N) is 3. The topological polar surface area (TPSA) is 40.5 Å². The fraction of sp³-hybridized carbons (Fsp3) is 0.385. The quantitative estimate of drug-likeness (QED) is 0.773. The van der Waals surface area contributed by atoms with Crippen molar-refractivity contribution in [3.05, 3.63) is 28.2 Å². The number of rotatable bonds is 3. The normalized spacial score (nSPS) is 14.3. The Kier molecular flexibility index (Phi) is 5.45. The van der Waals surface area contributed by atoms with Gasteiger partial charge >= 0.3 is 0 Å². The Hall–Kier alpha value is -0.600. The Morgan fingerprint density at radius 2 is 2.30 bits per heavy atom. The Morgan fingerprint density at radius 3 is 3.05 bits per heavy atom. The Balaban J connectivity index is 0.00000147. The Labute approximate surface area is 144 Å². The highest BCUT2D eigenvalue weighted by molar-refractivity contribution is 14.0. The van der Waals surface area contributed by atoms with Crippen LogP contribution in [-0.4, -0.2) is 42.5 Å². The van der Waals surface area contributed by atoms with E-state index in [1.54, 1.807) is 11.3 Å². The minimum atomic E-state index is 0. The number of thiazole rings is 1. The predicted octanol–water partition coefficient (Wildman–Crippen LogP) is 3.00. The number of hydrogen-bond donors (Lipinski definition) is 1. The first-order valence-corrected chi connectivity index (χ1v) is 7.46. The summed E-state index contributed by atoms with van der Waals surface area (Å²) in [5.41, 5.74) is 0.989. The van der Waals surface area contributed by atoms with Gasteiger partial charge in [-0.25, -0.2) is 4.98 Å². The van der Waals surface area contributed by atoms with Gasteiger partial charge in [-0.3, -0.25) is 4.99 Å². The van der Waals surface area contributed by atoms with Crippen LogP contribution in [0.3, 0.4) is 0 Å². The Bertz CT molecular complexity index is 628. The third-order valence-electron chi connectivity index (χ3n) is 3.07. The number of benzene rings is 1. The summed E-state index contributed by atoms with van der Waals surface area (Å²) in [4.78, 5) is 11.1. The lowest BCUT2D eigenvalue weighted by atomic mass is 10.3. The van der Waals surface area contributed by atoms with Gasteiger partial charge in [-0.05, 0) is 18.2 Å². The molecule has 4 nitrogen and oxygen atoms in total. The maximum absolute atomic E-state index is 5.97. The predicted molar refractivity (Wildman–Crippen MR) is 96.7 cm³/mol. The van der Waals surface area contributed by atoms with Gasteiger partial charge in [0, 0.05) is 31.6 Å². The molecular formula is C13H16ClIN4S. The third kappa shape index (κ3) is 3.53. The summed E-state index contributed by atoms with van der Waals surface area (Å²) in [6.45, 7) is 2.75. The number of fused-ring (bicyclic) bond motifs is 1. The van der Waals surface area contributed by atoms with Crippen LogP contribution in [0.4, 0.5) is 0 Å². The van der Waals surface area contributed by atoms with Gasteiger partial charge in [-0.2, -0.15) is 0 Å². The third-order valence-corrected chi connectivity index (χ3v) is 4.41. The molecule has 108 valence electrons. The van der Waals surface area contributed by atoms with Crippen LogP contribution in [0, 0.1) is 0 Å². The SMILES string of the molecule is CN1CCN=C1NCCc1nc2cc(Cl)ccc2s1.I. The molecule has 2 aromatic rings. The highest BCUT2D eigenvalue weighted by Crippen LogP contribution is 2.25. The first-order valence-electron chi connectivity index (χ1n) is 6.27. The largest absolute Gasteiger partial charge is 0.356 e. The number of likely N-dealkylation sites (N-methyl/N-ethyl adjacent to an activating group) is 1. The van der Waals surface area contributed by atoms with Crippen molar-refractivity contribution in [2.45, 2.75) is 6.42 Å². The van der Waals surface area contributed by atoms with Gasteiger partial charge in [0.1, 0.15) is 0 Å². The molecule has 0 amide bonds. The lowest BCUT2D eigenvalue weighted by Crippen LogP contribution is -2.36. The number of hydrogen-bond acceptors (Lipinski definition) is 5. The molecule has 0 spiro atoms. The number of guanidine groups is 1. The molecule has 1 aromatic carbocycles. The standard InChI is InChI=1S/C13H15ClN4S.HI/c1-18-7-6-16-13(18)15-5-4-12-17-10-8-9(14)2-3-11(10)19-12;/h2-3,8H,4-7H2,1H3,(H,15,16);1H. The van der Waals surface area contributed by atoms with E-state index in [4.69, 9.17) is 11.6 Å². The molecule has 0 unspecified atom stereocenters. The van der Waals surface area contributed by atoms with Crippen LogP contribution >= 0.6 is 46.9 Å². The second-order valence-electron chi connectivity index (χ2n) is 4.52. The van der Waals surface area contributed by atoms with Crippen molar-refractivity contribution in [3.63, 3.8) is 0 Å². The number of aliphatic imine (C=N–C) groups is 1. The minimum absolute atomic E-state index is 0. The van der Waals surface area contributed by atoms with Gasteiger partial charge in [0.2, 0.25) is 0 Å². The highest BCUT2D eigenvalue weighted by Gasteiger charge is 2.11. The van der Waals surface area contributed by atoms with Crippen molar-refractivity contribution in [3.8, 4) is 0 Å². The zero-order valence-electron chi connectivity index (χ0n) is 11.1. The van der Waals surface area contributed by atoms with E-state index in [1.807, 2.05) is 18.2 Å². The molecule has 20 heavy (non-hydrogen) atoms. The molecule has 3 rings (SSSR count). The summed E-state index contributed by atoms with van der Waals surface area (Å²) >= 11 is 7.69. The van der Waals surface area contributed by atoms with Crippen molar-refractivity contribution in [2.75, 3.05) is 26.7 Å². The Morgan fingerprint density at radius 1 is 1.45 bits per heavy atom. The summed E-state index contributed by atoms with van der Waals surface area (Å²) in [7, 11) is 2.05. The fourth-order valence-electron chi connectivity index (χ4n) is 2.06. The lowest BCUT2D eigenvalue weighted by Gasteiger charge is -2.14. The van der Waals surface area contributed by atoms with Crippen LogP contribution in [0.15, 0.2) is 23.2 Å². The van der Waals surface area contributed by atoms with Crippen LogP contribution in [-0.2, 0) is 6.42 Å². The number of aromatic nitrogens is 1. The van der Waals surface area contributed by atoms with Gasteiger partial charge < -0.3 is 10.2 Å². The van der Waals surface area contributed by atoms with Gasteiger partial charge in [0.25, 0.3) is 0 Å². The van der Waals surface area contributed by atoms with E-state index >= 15 is 0 Å². The van der Waals surface area contributed by atoms with E-state index < -0.39 is 0 Å². The van der Waals surface area contributed by atoms with Gasteiger partial charge in [-0.1, -0.05) is 11.6 Å². The van der Waals surface area contributed by atoms with Crippen LogP contribution in [0.5, 0.6) is 0 Å². The van der Waals surface area contributed by atoms with Crippen molar-refractivity contribution in [1.82, 2.24) is 15.2 Å². The zero-order chi connectivity index (χ0) is 13.2. The number of halogens is 2. The van der Waals surface area contributed by atoms with Gasteiger partial charge in [0.15, 0.2) is 5.96 Å². The second-order valence-corrected chi connectivity index (χ2v) is 6.07. The first-order chi connectivity index (χ1) is 9.22. The second kappa shape index (κ2) is 6.91. The summed E-state index contributed by atoms with van der Waals surface area (Å²) in [5.74, 6) is 0.990. The monoisotopic (exact) mass is 422 g/mol. The van der Waals surface area contributed by atoms with Crippen molar-refractivity contribution in [1.29, 1.82) is 0 Å². The van der Waals surface area contributed by atoms with E-state index in [1.165, 1.54) is 4.70 Å². The molecule has 1 aliphatic rings. The van der Waals surface area contributed by atoms with Crippen LogP contribution in [0.2, 0.25) is 5.02 Å². The molecular weight excluding hydrogens is 407 g/mol. The number of nitrogens with one attached hydrogen (secondary N) is 1. The average Bonchev–Trinajstić information content (AvgIpc) is 2.95. The molecule has 0 saturated carbocycles. The summed E-state index contributed by atoms with van der Waals surface area (Å²) < 4.78 is 1.19. The van der Waals surface area contributed by atoms with Gasteiger partial charge in [-0.15, -0.1) is 35.3 Å². The smallest absolute Gasteiger partial charge is 0.193 e. The summed E-state index contributed by atoms with van der Waals surface area (Å²) in [6.07, 6.45) is 0.907. The first kappa shape index (κ1) is 15.8. The average molecular weight is 423 g/mol. The zero-order valence-corrected chi connectivity index (χ0v) is 15.0. The molecule has 0 bridgehead atoms. The molecule has 1 N–H and O–H groups in total. The maximum Gasteiger partial charge on any atom is 0.193 e. The van der Waals surface area contributed by atoms with Crippen molar-refractivity contribution in [2.24, 2.45) is 4.99 Å². The van der Waals surface area contributed by atoms with Crippen molar-refractivity contribution >= 4 is 63.1 Å². The van der Waals surface area contributed by atoms with E-state index in [0.717, 1.165) is 47.6 Å². The van der Waals surface area contributed by atoms with Crippen LogP contribution < -0.4 is 5.32 Å². The summed E-state index contributed by atoms with van der Waals surface area (Å²) in [5, 5.41) is 5.22. The van der Waals surface area contributed by atoms with Crippen LogP contribution in [0.25, 0.3) is 10.2 Å². The fourth-order valence-corrected chi connectivity index (χ4v) is 3.17. The van der Waals surface area contributed by atoms with Crippen molar-refractivity contribution < 1.29 is 0 Å². The summed E-state index contributed by atoms with van der Waals surface area (Å²) in [6, 6.07) is 5.85. The van der Waals surface area contributed by atoms with Crippen LogP contribution in [0.1, 0.15) is 5.01 Å². The molecule has 0 aliphatic carbocycles. The molecule has 2 heterocycles. The lowest BCUT2D eigenvalue weighted by molar-refractivity contribution is 0.534. The maximum atomic E-state index is 5.97.